The number of rotatable bonds is 8. The number of anilines is 1. The van der Waals surface area contributed by atoms with E-state index in [0.717, 1.165) is 29.2 Å². The lowest BCUT2D eigenvalue weighted by atomic mass is 10.2. The van der Waals surface area contributed by atoms with Gasteiger partial charge in [0.05, 0.1) is 11.3 Å². The topological polar surface area (TPSA) is 42.0 Å². The summed E-state index contributed by atoms with van der Waals surface area (Å²) in [7, 11) is 0. The summed E-state index contributed by atoms with van der Waals surface area (Å²) in [5, 5.41) is 4.25. The van der Waals surface area contributed by atoms with E-state index in [-0.39, 0.29) is 5.78 Å². The Bertz CT molecular complexity index is 363. The molecule has 1 aromatic heterocycles. The summed E-state index contributed by atoms with van der Waals surface area (Å²) in [6.45, 7) is 4.41. The van der Waals surface area contributed by atoms with Crippen LogP contribution in [0.1, 0.15) is 42.2 Å². The molecule has 0 spiro atoms. The predicted molar refractivity (Wildman–Crippen MR) is 77.6 cm³/mol. The Balaban J connectivity index is 2.34. The van der Waals surface area contributed by atoms with Gasteiger partial charge in [-0.15, -0.1) is 0 Å². The Labute approximate surface area is 112 Å². The number of hydrogen-bond acceptors (Lipinski definition) is 5. The highest BCUT2D eigenvalue weighted by atomic mass is 32.2. The van der Waals surface area contributed by atoms with Crippen LogP contribution >= 0.6 is 23.3 Å². The zero-order valence-corrected chi connectivity index (χ0v) is 12.3. The van der Waals surface area contributed by atoms with E-state index in [0.29, 0.717) is 0 Å². The normalized spacial score (nSPS) is 10.5. The maximum absolute atomic E-state index is 11.4. The van der Waals surface area contributed by atoms with Gasteiger partial charge in [0.25, 0.3) is 0 Å². The molecule has 0 aliphatic carbocycles. The predicted octanol–water partition coefficient (Wildman–Crippen LogP) is 3.60. The molecular weight excluding hydrogens is 252 g/mol. The summed E-state index contributed by atoms with van der Waals surface area (Å²) < 4.78 is 4.22. The maximum atomic E-state index is 11.4. The molecule has 17 heavy (non-hydrogen) atoms. The van der Waals surface area contributed by atoms with Crippen LogP contribution in [0.15, 0.2) is 0 Å². The maximum Gasteiger partial charge on any atom is 0.164 e. The molecule has 3 nitrogen and oxygen atoms in total. The van der Waals surface area contributed by atoms with Gasteiger partial charge in [-0.3, -0.25) is 4.79 Å². The van der Waals surface area contributed by atoms with Crippen LogP contribution < -0.4 is 5.32 Å². The van der Waals surface area contributed by atoms with Gasteiger partial charge >= 0.3 is 0 Å². The molecule has 5 heteroatoms. The van der Waals surface area contributed by atoms with Gasteiger partial charge in [0, 0.05) is 6.54 Å². The van der Waals surface area contributed by atoms with Crippen LogP contribution in [-0.4, -0.2) is 28.7 Å². The SMILES string of the molecule is CSCCCCCNc1snc(C)c1C(C)=O. The molecule has 96 valence electrons. The zero-order chi connectivity index (χ0) is 12.7. The second kappa shape index (κ2) is 7.71. The van der Waals surface area contributed by atoms with Crippen LogP contribution in [0.5, 0.6) is 0 Å². The van der Waals surface area contributed by atoms with Crippen molar-refractivity contribution in [1.82, 2.24) is 4.37 Å². The number of Topliss-reactive ketones (excluding diaryl/α,β-unsaturated/α-hetero) is 1. The molecule has 1 rings (SSSR count). The van der Waals surface area contributed by atoms with Gasteiger partial charge in [-0.1, -0.05) is 6.42 Å². The molecule has 0 saturated carbocycles. The number of ketones is 1. The van der Waals surface area contributed by atoms with Crippen molar-refractivity contribution in [3.63, 3.8) is 0 Å². The minimum Gasteiger partial charge on any atom is -0.375 e. The van der Waals surface area contributed by atoms with E-state index >= 15 is 0 Å². The van der Waals surface area contributed by atoms with Crippen molar-refractivity contribution < 1.29 is 4.79 Å². The lowest BCUT2D eigenvalue weighted by Gasteiger charge is -2.05. The van der Waals surface area contributed by atoms with Gasteiger partial charge < -0.3 is 5.32 Å². The Morgan fingerprint density at radius 3 is 2.82 bits per heavy atom. The number of carbonyl (C=O) groups excluding carboxylic acids is 1. The fraction of sp³-hybridized carbons (Fsp3) is 0.667. The number of carbonyl (C=O) groups is 1. The monoisotopic (exact) mass is 272 g/mol. The molecule has 0 aliphatic rings. The van der Waals surface area contributed by atoms with Crippen LogP contribution in [0.3, 0.4) is 0 Å². The molecule has 0 fully saturated rings. The number of nitrogens with one attached hydrogen (secondary N) is 1. The highest BCUT2D eigenvalue weighted by Crippen LogP contribution is 2.24. The first-order valence-corrected chi connectivity index (χ1v) is 8.03. The van der Waals surface area contributed by atoms with E-state index in [1.54, 1.807) is 6.92 Å². The number of hydrogen-bond donors (Lipinski definition) is 1. The molecule has 0 unspecified atom stereocenters. The molecule has 0 saturated heterocycles. The summed E-state index contributed by atoms with van der Waals surface area (Å²) in [4.78, 5) is 11.4. The van der Waals surface area contributed by atoms with E-state index < -0.39 is 0 Å². The highest BCUT2D eigenvalue weighted by Gasteiger charge is 2.13. The molecule has 0 radical (unpaired) electrons. The lowest BCUT2D eigenvalue weighted by Crippen LogP contribution is -2.04. The Kier molecular flexibility index (Phi) is 6.58. The number of aromatic nitrogens is 1. The smallest absolute Gasteiger partial charge is 0.164 e. The van der Waals surface area contributed by atoms with E-state index in [4.69, 9.17) is 0 Å². The van der Waals surface area contributed by atoms with Crippen LogP contribution in [-0.2, 0) is 0 Å². The number of unbranched alkanes of at least 4 members (excludes halogenated alkanes) is 2. The summed E-state index contributed by atoms with van der Waals surface area (Å²) in [5.74, 6) is 1.33. The van der Waals surface area contributed by atoms with Gasteiger partial charge in [0.2, 0.25) is 0 Å². The third-order valence-corrected chi connectivity index (χ3v) is 4.12. The largest absolute Gasteiger partial charge is 0.375 e. The van der Waals surface area contributed by atoms with Crippen molar-refractivity contribution in [3.05, 3.63) is 11.3 Å². The summed E-state index contributed by atoms with van der Waals surface area (Å²) in [5.41, 5.74) is 1.60. The first-order valence-electron chi connectivity index (χ1n) is 5.86. The molecule has 0 amide bonds. The van der Waals surface area contributed by atoms with Crippen LogP contribution in [0.2, 0.25) is 0 Å². The molecular formula is C12H20N2OS2. The van der Waals surface area contributed by atoms with E-state index in [9.17, 15) is 4.79 Å². The Morgan fingerprint density at radius 2 is 2.18 bits per heavy atom. The fourth-order valence-electron chi connectivity index (χ4n) is 1.66. The average Bonchev–Trinajstić information content (AvgIpc) is 2.65. The van der Waals surface area contributed by atoms with Gasteiger partial charge in [-0.2, -0.15) is 16.1 Å². The molecule has 0 bridgehead atoms. The Morgan fingerprint density at radius 1 is 1.41 bits per heavy atom. The number of thioether (sulfide) groups is 1. The first kappa shape index (κ1) is 14.5. The minimum atomic E-state index is 0.0983. The zero-order valence-electron chi connectivity index (χ0n) is 10.7. The van der Waals surface area contributed by atoms with Crippen molar-refractivity contribution in [2.24, 2.45) is 0 Å². The molecule has 1 heterocycles. The molecule has 0 aliphatic heterocycles. The summed E-state index contributed by atoms with van der Waals surface area (Å²) in [6.07, 6.45) is 5.79. The van der Waals surface area contributed by atoms with Crippen molar-refractivity contribution in [1.29, 1.82) is 0 Å². The third-order valence-electron chi connectivity index (χ3n) is 2.53. The van der Waals surface area contributed by atoms with Gasteiger partial charge in [-0.05, 0) is 50.2 Å². The van der Waals surface area contributed by atoms with Crippen molar-refractivity contribution in [2.75, 3.05) is 23.9 Å². The van der Waals surface area contributed by atoms with E-state index in [1.165, 1.54) is 30.1 Å². The van der Waals surface area contributed by atoms with Crippen molar-refractivity contribution >= 4 is 34.1 Å². The quantitative estimate of drug-likeness (QED) is 0.580. The molecule has 0 atom stereocenters. The Hall–Kier alpha value is -0.550. The van der Waals surface area contributed by atoms with Crippen molar-refractivity contribution in [3.8, 4) is 0 Å². The van der Waals surface area contributed by atoms with E-state index in [1.807, 2.05) is 18.7 Å². The van der Waals surface area contributed by atoms with Gasteiger partial charge in [0.1, 0.15) is 5.00 Å². The van der Waals surface area contributed by atoms with Crippen LogP contribution in [0.4, 0.5) is 5.00 Å². The van der Waals surface area contributed by atoms with Crippen LogP contribution in [0.25, 0.3) is 0 Å². The summed E-state index contributed by atoms with van der Waals surface area (Å²) in [6, 6.07) is 0. The molecule has 1 aromatic rings. The third kappa shape index (κ3) is 4.68. The average molecular weight is 272 g/mol. The molecule has 0 aromatic carbocycles. The van der Waals surface area contributed by atoms with Crippen molar-refractivity contribution in [2.45, 2.75) is 33.1 Å². The van der Waals surface area contributed by atoms with E-state index in [2.05, 4.69) is 15.9 Å². The number of aryl methyl sites for hydroxylation is 1. The second-order valence-electron chi connectivity index (χ2n) is 4.01. The second-order valence-corrected chi connectivity index (χ2v) is 5.77. The number of nitrogens with zero attached hydrogens (tertiary/aromatic N) is 1. The first-order chi connectivity index (χ1) is 8.16. The van der Waals surface area contributed by atoms with Gasteiger partial charge in [0.15, 0.2) is 5.78 Å². The standard InChI is InChI=1S/C12H20N2OS2/c1-9-11(10(2)15)12(17-14-9)13-7-5-4-6-8-16-3/h13H,4-8H2,1-3H3. The fourth-order valence-corrected chi connectivity index (χ4v) is 3.02. The van der Waals surface area contributed by atoms with Crippen LogP contribution in [0, 0.1) is 6.92 Å². The molecule has 1 N–H and O–H groups in total. The van der Waals surface area contributed by atoms with Gasteiger partial charge in [-0.25, -0.2) is 0 Å². The lowest BCUT2D eigenvalue weighted by molar-refractivity contribution is 0.101. The summed E-state index contributed by atoms with van der Waals surface area (Å²) >= 11 is 3.28. The minimum absolute atomic E-state index is 0.0983. The highest BCUT2D eigenvalue weighted by molar-refractivity contribution is 7.98.